The number of hydrogen-bond acceptors (Lipinski definition) is 5. The molecule has 1 amide bonds. The summed E-state index contributed by atoms with van der Waals surface area (Å²) in [6, 6.07) is 15.0. The second-order valence-corrected chi connectivity index (χ2v) is 7.30. The third-order valence-corrected chi connectivity index (χ3v) is 5.42. The van der Waals surface area contributed by atoms with Crippen molar-refractivity contribution in [3.63, 3.8) is 0 Å². The van der Waals surface area contributed by atoms with E-state index in [0.29, 0.717) is 24.3 Å². The quantitative estimate of drug-likeness (QED) is 0.465. The number of nitrogens with zero attached hydrogens (tertiary/aromatic N) is 5. The minimum atomic E-state index is -0.465. The van der Waals surface area contributed by atoms with Crippen molar-refractivity contribution in [3.05, 3.63) is 88.5 Å². The zero-order valence-electron chi connectivity index (χ0n) is 16.6. The summed E-state index contributed by atoms with van der Waals surface area (Å²) in [5, 5.41) is 11.5. The van der Waals surface area contributed by atoms with Crippen LogP contribution < -0.4 is 0 Å². The highest BCUT2D eigenvalue weighted by Crippen LogP contribution is 2.25. The highest BCUT2D eigenvalue weighted by Gasteiger charge is 2.25. The van der Waals surface area contributed by atoms with Crippen LogP contribution in [0.1, 0.15) is 15.9 Å². The van der Waals surface area contributed by atoms with Crippen LogP contribution in [-0.2, 0) is 6.42 Å². The molecule has 0 spiro atoms. The van der Waals surface area contributed by atoms with Gasteiger partial charge in [0.1, 0.15) is 5.69 Å². The number of aromatic nitrogens is 2. The first-order chi connectivity index (χ1) is 14.6. The summed E-state index contributed by atoms with van der Waals surface area (Å²) in [5.74, 6) is -0.169. The summed E-state index contributed by atoms with van der Waals surface area (Å²) < 4.78 is 1.57. The maximum absolute atomic E-state index is 12.9. The van der Waals surface area contributed by atoms with E-state index in [0.717, 1.165) is 26.1 Å². The average molecular weight is 405 g/mol. The van der Waals surface area contributed by atoms with Crippen LogP contribution >= 0.6 is 0 Å². The van der Waals surface area contributed by atoms with Crippen molar-refractivity contribution in [1.82, 2.24) is 19.4 Å². The van der Waals surface area contributed by atoms with Gasteiger partial charge in [-0.2, -0.15) is 0 Å². The topological polar surface area (TPSA) is 84.5 Å². The van der Waals surface area contributed by atoms with Crippen LogP contribution in [0.15, 0.2) is 67.3 Å². The Morgan fingerprint density at radius 2 is 1.83 bits per heavy atom. The van der Waals surface area contributed by atoms with Gasteiger partial charge in [0.05, 0.1) is 11.3 Å². The minimum absolute atomic E-state index is 0.111. The number of nitro benzene ring substituents is 1. The molecule has 1 saturated heterocycles. The highest BCUT2D eigenvalue weighted by atomic mass is 16.6. The highest BCUT2D eigenvalue weighted by molar-refractivity contribution is 5.95. The summed E-state index contributed by atoms with van der Waals surface area (Å²) >= 11 is 0. The van der Waals surface area contributed by atoms with Gasteiger partial charge in [-0.1, -0.05) is 30.3 Å². The Morgan fingerprint density at radius 1 is 1.07 bits per heavy atom. The van der Waals surface area contributed by atoms with Crippen molar-refractivity contribution in [2.24, 2.45) is 0 Å². The van der Waals surface area contributed by atoms with E-state index in [9.17, 15) is 14.9 Å². The van der Waals surface area contributed by atoms with Crippen LogP contribution in [0.4, 0.5) is 5.69 Å². The molecule has 2 aromatic carbocycles. The zero-order chi connectivity index (χ0) is 20.9. The molecular weight excluding hydrogens is 382 g/mol. The predicted octanol–water partition coefficient (Wildman–Crippen LogP) is 2.78. The van der Waals surface area contributed by atoms with Gasteiger partial charge < -0.3 is 9.47 Å². The number of imidazole rings is 1. The number of carbonyl (C=O) groups excluding carboxylic acids is 1. The SMILES string of the molecule is O=C(c1ccc(-n2ccnc2)c([N+](=O)[O-])c1)N1CCN(CCc2ccccc2)CC1. The van der Waals surface area contributed by atoms with Gasteiger partial charge in [-0.05, 0) is 24.1 Å². The van der Waals surface area contributed by atoms with E-state index in [1.807, 2.05) is 18.2 Å². The van der Waals surface area contributed by atoms with E-state index in [2.05, 4.69) is 22.0 Å². The zero-order valence-corrected chi connectivity index (χ0v) is 16.6. The Hall–Kier alpha value is -3.52. The second kappa shape index (κ2) is 8.87. The van der Waals surface area contributed by atoms with Crippen LogP contribution in [0.3, 0.4) is 0 Å². The van der Waals surface area contributed by atoms with Gasteiger partial charge in [-0.3, -0.25) is 19.8 Å². The molecule has 1 aromatic heterocycles. The average Bonchev–Trinajstić information content (AvgIpc) is 3.32. The molecule has 30 heavy (non-hydrogen) atoms. The first-order valence-electron chi connectivity index (χ1n) is 9.94. The molecule has 0 unspecified atom stereocenters. The first kappa shape index (κ1) is 19.8. The number of nitro groups is 1. The van der Waals surface area contributed by atoms with Crippen LogP contribution in [-0.4, -0.2) is 62.9 Å². The number of benzene rings is 2. The fourth-order valence-corrected chi connectivity index (χ4v) is 3.71. The summed E-state index contributed by atoms with van der Waals surface area (Å²) in [6.45, 7) is 3.79. The molecule has 154 valence electrons. The molecule has 8 heteroatoms. The Kier molecular flexibility index (Phi) is 5.85. The lowest BCUT2D eigenvalue weighted by molar-refractivity contribution is -0.384. The van der Waals surface area contributed by atoms with Gasteiger partial charge >= 0.3 is 0 Å². The van der Waals surface area contributed by atoms with E-state index in [-0.39, 0.29) is 11.6 Å². The summed E-state index contributed by atoms with van der Waals surface area (Å²) in [6.07, 6.45) is 5.67. The standard InChI is InChI=1S/C22H23N5O3/c28-22(19-6-7-20(21(16-19)27(29)30)26-11-9-23-17-26)25-14-12-24(13-15-25)10-8-18-4-2-1-3-5-18/h1-7,9,11,16-17H,8,10,12-15H2. The van der Waals surface area contributed by atoms with Crippen molar-refractivity contribution in [2.75, 3.05) is 32.7 Å². The molecule has 1 fully saturated rings. The lowest BCUT2D eigenvalue weighted by Crippen LogP contribution is -2.49. The summed E-state index contributed by atoms with van der Waals surface area (Å²) in [5.41, 5.74) is 1.92. The Labute approximate surface area is 174 Å². The number of hydrogen-bond donors (Lipinski definition) is 0. The van der Waals surface area contributed by atoms with E-state index in [1.54, 1.807) is 34.0 Å². The minimum Gasteiger partial charge on any atom is -0.336 e. The van der Waals surface area contributed by atoms with E-state index >= 15 is 0 Å². The summed E-state index contributed by atoms with van der Waals surface area (Å²) in [7, 11) is 0. The Morgan fingerprint density at radius 3 is 2.50 bits per heavy atom. The Bertz CT molecular complexity index is 1010. The Balaban J connectivity index is 1.39. The van der Waals surface area contributed by atoms with Crippen LogP contribution in [0, 0.1) is 10.1 Å². The maximum atomic E-state index is 12.9. The number of rotatable bonds is 6. The molecule has 1 aliphatic heterocycles. The van der Waals surface area contributed by atoms with Crippen LogP contribution in [0.2, 0.25) is 0 Å². The maximum Gasteiger partial charge on any atom is 0.294 e. The molecular formula is C22H23N5O3. The van der Waals surface area contributed by atoms with Gasteiger partial charge in [0.25, 0.3) is 11.6 Å². The van der Waals surface area contributed by atoms with Crippen LogP contribution in [0.5, 0.6) is 0 Å². The molecule has 3 aromatic rings. The van der Waals surface area contributed by atoms with E-state index in [4.69, 9.17) is 0 Å². The number of carbonyl (C=O) groups is 1. The number of piperazine rings is 1. The molecule has 0 aliphatic carbocycles. The molecule has 0 N–H and O–H groups in total. The van der Waals surface area contributed by atoms with Crippen molar-refractivity contribution in [1.29, 1.82) is 0 Å². The largest absolute Gasteiger partial charge is 0.336 e. The normalized spacial score (nSPS) is 14.6. The monoisotopic (exact) mass is 405 g/mol. The lowest BCUT2D eigenvalue weighted by atomic mass is 10.1. The van der Waals surface area contributed by atoms with Crippen molar-refractivity contribution >= 4 is 11.6 Å². The van der Waals surface area contributed by atoms with Gasteiger partial charge in [-0.25, -0.2) is 4.98 Å². The van der Waals surface area contributed by atoms with Gasteiger partial charge in [-0.15, -0.1) is 0 Å². The van der Waals surface area contributed by atoms with Crippen molar-refractivity contribution in [3.8, 4) is 5.69 Å². The predicted molar refractivity (Wildman–Crippen MR) is 113 cm³/mol. The molecule has 8 nitrogen and oxygen atoms in total. The van der Waals surface area contributed by atoms with Gasteiger partial charge in [0, 0.05) is 56.7 Å². The molecule has 0 atom stereocenters. The molecule has 0 bridgehead atoms. The smallest absolute Gasteiger partial charge is 0.294 e. The van der Waals surface area contributed by atoms with E-state index in [1.165, 1.54) is 18.0 Å². The third kappa shape index (κ3) is 4.38. The second-order valence-electron chi connectivity index (χ2n) is 7.30. The van der Waals surface area contributed by atoms with Crippen molar-refractivity contribution in [2.45, 2.75) is 6.42 Å². The molecule has 4 rings (SSSR count). The molecule has 0 radical (unpaired) electrons. The fraction of sp³-hybridized carbons (Fsp3) is 0.273. The summed E-state index contributed by atoms with van der Waals surface area (Å²) in [4.78, 5) is 32.1. The molecule has 0 saturated carbocycles. The fourth-order valence-electron chi connectivity index (χ4n) is 3.71. The molecule has 1 aliphatic rings. The first-order valence-corrected chi connectivity index (χ1v) is 9.94. The van der Waals surface area contributed by atoms with Gasteiger partial charge in [0.2, 0.25) is 0 Å². The lowest BCUT2D eigenvalue weighted by Gasteiger charge is -2.34. The van der Waals surface area contributed by atoms with Gasteiger partial charge in [0.15, 0.2) is 0 Å². The van der Waals surface area contributed by atoms with E-state index < -0.39 is 4.92 Å². The van der Waals surface area contributed by atoms with Crippen molar-refractivity contribution < 1.29 is 9.72 Å². The third-order valence-electron chi connectivity index (χ3n) is 5.42. The molecule has 2 heterocycles. The van der Waals surface area contributed by atoms with Crippen LogP contribution in [0.25, 0.3) is 5.69 Å². The number of amides is 1.